The van der Waals surface area contributed by atoms with Gasteiger partial charge in [0.25, 0.3) is 6.29 Å². The second-order valence-electron chi connectivity index (χ2n) is 20.2. The van der Waals surface area contributed by atoms with Gasteiger partial charge in [0, 0.05) is 6.42 Å². The Labute approximate surface area is 481 Å². The van der Waals surface area contributed by atoms with Crippen molar-refractivity contribution in [2.24, 2.45) is 0 Å². The number of aliphatic carboxylic acids is 1. The summed E-state index contributed by atoms with van der Waals surface area (Å²) in [6.45, 7) is 4.48. The molecule has 0 amide bonds. The number of hydrogen-bond donors (Lipinski definition) is 1. The molecule has 0 aromatic carbocycles. The molecule has 0 fully saturated rings. The van der Waals surface area contributed by atoms with Gasteiger partial charge in [0.1, 0.15) is 13.2 Å². The molecule has 0 aliphatic rings. The quantitative estimate of drug-likeness (QED) is 0.0211. The molecular formula is C70H108NO8+. The second-order valence-corrected chi connectivity index (χ2v) is 20.2. The molecule has 0 aromatic heterocycles. The third-order valence-corrected chi connectivity index (χ3v) is 11.7. The monoisotopic (exact) mass is 1090 g/mol. The number of esters is 2. The molecule has 440 valence electrons. The van der Waals surface area contributed by atoms with Crippen LogP contribution in [0, 0.1) is 0 Å². The zero-order chi connectivity index (χ0) is 57.6. The van der Waals surface area contributed by atoms with Crippen molar-refractivity contribution in [1.29, 1.82) is 0 Å². The maximum Gasteiger partial charge on any atom is 0.361 e. The third-order valence-electron chi connectivity index (χ3n) is 11.7. The molecular weight excluding hydrogens is 983 g/mol. The highest BCUT2D eigenvalue weighted by Gasteiger charge is 2.25. The van der Waals surface area contributed by atoms with Gasteiger partial charge in [-0.15, -0.1) is 0 Å². The first-order valence-electron chi connectivity index (χ1n) is 29.9. The van der Waals surface area contributed by atoms with Crippen molar-refractivity contribution in [1.82, 2.24) is 0 Å². The molecule has 0 bridgehead atoms. The lowest BCUT2D eigenvalue weighted by atomic mass is 10.1. The zero-order valence-electron chi connectivity index (χ0n) is 49.9. The van der Waals surface area contributed by atoms with Crippen molar-refractivity contribution in [2.45, 2.75) is 193 Å². The molecule has 0 saturated carbocycles. The van der Waals surface area contributed by atoms with E-state index in [4.69, 9.17) is 18.9 Å². The van der Waals surface area contributed by atoms with Gasteiger partial charge in [0.05, 0.1) is 40.8 Å². The Morgan fingerprint density at radius 2 is 0.722 bits per heavy atom. The number of hydrogen-bond acceptors (Lipinski definition) is 7. The molecule has 9 nitrogen and oxygen atoms in total. The summed E-state index contributed by atoms with van der Waals surface area (Å²) in [5.74, 6) is -2.21. The number of likely N-dealkylation sites (N-methyl/N-ethyl adjacent to an activating group) is 1. The van der Waals surface area contributed by atoms with Gasteiger partial charge >= 0.3 is 17.9 Å². The molecule has 2 atom stereocenters. The SMILES string of the molecule is CC/C=C\C/C=C\C/C=C\C/C=C\C/C=C\C/C=C\C/C=C\C/C=C\C/C=C\C/C=C\CCCCCCCCCCC(=O)OC(COC(=O)C/C=C\C/C=C\C/C=C\C/C=C\C/C=C\CC)COC(OCC[N+](C)(C)C)C(=O)O. The molecule has 79 heavy (non-hydrogen) atoms. The lowest BCUT2D eigenvalue weighted by Crippen LogP contribution is -2.40. The van der Waals surface area contributed by atoms with Gasteiger partial charge in [-0.05, 0) is 116 Å². The molecule has 1 N–H and O–H groups in total. The number of ether oxygens (including phenoxy) is 4. The fourth-order valence-electron chi connectivity index (χ4n) is 7.17. The highest BCUT2D eigenvalue weighted by Crippen LogP contribution is 2.13. The van der Waals surface area contributed by atoms with Crippen molar-refractivity contribution < 1.29 is 42.9 Å². The Bertz CT molecular complexity index is 1940. The van der Waals surface area contributed by atoms with E-state index in [2.05, 4.69) is 178 Å². The fourth-order valence-corrected chi connectivity index (χ4v) is 7.17. The molecule has 2 unspecified atom stereocenters. The largest absolute Gasteiger partial charge is 0.477 e. The van der Waals surface area contributed by atoms with Gasteiger partial charge < -0.3 is 28.5 Å². The molecule has 0 aromatic rings. The average Bonchev–Trinajstić information content (AvgIpc) is 3.42. The highest BCUT2D eigenvalue weighted by atomic mass is 16.7. The summed E-state index contributed by atoms with van der Waals surface area (Å²) >= 11 is 0. The Hall–Kier alpha value is -5.61. The van der Waals surface area contributed by atoms with Gasteiger partial charge in [-0.3, -0.25) is 9.59 Å². The first-order valence-corrected chi connectivity index (χ1v) is 29.9. The van der Waals surface area contributed by atoms with Gasteiger partial charge in [-0.25, -0.2) is 4.79 Å². The number of allylic oxidation sites excluding steroid dienone is 29. The number of quaternary nitrogens is 1. The minimum Gasteiger partial charge on any atom is -0.477 e. The smallest absolute Gasteiger partial charge is 0.361 e. The van der Waals surface area contributed by atoms with Crippen molar-refractivity contribution in [3.8, 4) is 0 Å². The van der Waals surface area contributed by atoms with Crippen LogP contribution in [0.4, 0.5) is 0 Å². The first kappa shape index (κ1) is 73.4. The molecule has 9 heteroatoms. The number of carbonyl (C=O) groups excluding carboxylic acids is 2. The van der Waals surface area contributed by atoms with Crippen molar-refractivity contribution in [3.05, 3.63) is 182 Å². The summed E-state index contributed by atoms with van der Waals surface area (Å²) in [6.07, 6.45) is 87.3. The van der Waals surface area contributed by atoms with Crippen LogP contribution < -0.4 is 0 Å². The van der Waals surface area contributed by atoms with Gasteiger partial charge in [-0.2, -0.15) is 0 Å². The predicted octanol–water partition coefficient (Wildman–Crippen LogP) is 18.1. The number of carboxylic acids is 1. The Morgan fingerprint density at radius 3 is 1.08 bits per heavy atom. The van der Waals surface area contributed by atoms with Crippen LogP contribution in [0.2, 0.25) is 0 Å². The van der Waals surface area contributed by atoms with E-state index < -0.39 is 30.3 Å². The Balaban J connectivity index is 4.27. The molecule has 0 aliphatic heterocycles. The maximum atomic E-state index is 12.9. The molecule has 0 radical (unpaired) electrons. The highest BCUT2D eigenvalue weighted by molar-refractivity contribution is 5.72. The van der Waals surface area contributed by atoms with Crippen LogP contribution in [-0.2, 0) is 33.3 Å². The Morgan fingerprint density at radius 1 is 0.392 bits per heavy atom. The van der Waals surface area contributed by atoms with Gasteiger partial charge in [0.2, 0.25) is 0 Å². The first-order chi connectivity index (χ1) is 38.6. The minimum absolute atomic E-state index is 0.0577. The normalized spacial score (nSPS) is 14.1. The molecule has 0 saturated heterocycles. The molecule has 0 spiro atoms. The molecule has 0 aliphatic carbocycles. The molecule has 0 heterocycles. The lowest BCUT2D eigenvalue weighted by Gasteiger charge is -2.25. The van der Waals surface area contributed by atoms with Crippen molar-refractivity contribution >= 4 is 17.9 Å². The van der Waals surface area contributed by atoms with E-state index in [0.717, 1.165) is 116 Å². The van der Waals surface area contributed by atoms with Crippen LogP contribution in [0.15, 0.2) is 182 Å². The van der Waals surface area contributed by atoms with E-state index in [0.29, 0.717) is 23.9 Å². The van der Waals surface area contributed by atoms with Crippen LogP contribution in [0.5, 0.6) is 0 Å². The van der Waals surface area contributed by atoms with E-state index in [1.807, 2.05) is 33.3 Å². The fraction of sp³-hybridized carbons (Fsp3) is 0.529. The summed E-state index contributed by atoms with van der Waals surface area (Å²) in [5, 5.41) is 9.69. The van der Waals surface area contributed by atoms with Crippen LogP contribution in [0.3, 0.4) is 0 Å². The van der Waals surface area contributed by atoms with E-state index in [9.17, 15) is 19.5 Å². The lowest BCUT2D eigenvalue weighted by molar-refractivity contribution is -0.870. The number of rotatable bonds is 52. The topological polar surface area (TPSA) is 108 Å². The number of unbranched alkanes of at least 4 members (excludes halogenated alkanes) is 8. The van der Waals surface area contributed by atoms with Crippen LogP contribution >= 0.6 is 0 Å². The van der Waals surface area contributed by atoms with Gasteiger partial charge in [-0.1, -0.05) is 235 Å². The summed E-state index contributed by atoms with van der Waals surface area (Å²) in [5.41, 5.74) is 0. The second kappa shape index (κ2) is 58.5. The number of carboxylic acid groups (broad SMARTS) is 1. The van der Waals surface area contributed by atoms with E-state index in [1.165, 1.54) is 25.7 Å². The van der Waals surface area contributed by atoms with E-state index in [1.54, 1.807) is 6.08 Å². The molecule has 0 rings (SSSR count). The van der Waals surface area contributed by atoms with E-state index in [-0.39, 0.29) is 32.7 Å². The average molecular weight is 1090 g/mol. The minimum atomic E-state index is -1.54. The van der Waals surface area contributed by atoms with Crippen LogP contribution in [0.1, 0.15) is 181 Å². The van der Waals surface area contributed by atoms with Crippen LogP contribution in [0.25, 0.3) is 0 Å². The summed E-state index contributed by atoms with van der Waals surface area (Å²) in [4.78, 5) is 37.3. The summed E-state index contributed by atoms with van der Waals surface area (Å²) < 4.78 is 22.7. The predicted molar refractivity (Wildman–Crippen MR) is 336 cm³/mol. The summed E-state index contributed by atoms with van der Waals surface area (Å²) in [7, 11) is 5.92. The number of carbonyl (C=O) groups is 3. The van der Waals surface area contributed by atoms with Gasteiger partial charge in [0.15, 0.2) is 6.10 Å². The maximum absolute atomic E-state index is 12.9. The van der Waals surface area contributed by atoms with Crippen LogP contribution in [-0.4, -0.2) is 87.4 Å². The van der Waals surface area contributed by atoms with E-state index >= 15 is 0 Å². The van der Waals surface area contributed by atoms with Crippen molar-refractivity contribution in [3.63, 3.8) is 0 Å². The zero-order valence-corrected chi connectivity index (χ0v) is 49.9. The van der Waals surface area contributed by atoms with Crippen molar-refractivity contribution in [2.75, 3.05) is 47.5 Å². The third kappa shape index (κ3) is 59.9. The Kier molecular flexibility index (Phi) is 54.4. The number of nitrogens with zero attached hydrogens (tertiary/aromatic N) is 1. The standard InChI is InChI=1S/C70H107NO8/c1-6-8-10-12-14-16-18-20-22-23-24-25-26-27-28-29-30-31-32-33-34-35-36-37-38-39-40-41-42-43-44-45-47-49-51-53-55-57-59-61-68(73)79-66(65-78-70(69(74)75)76-63-62-71(3,4)5)64-77-67(72)60-58-56-54-52-50-48-46-21-19-17-15-13-11-9-7-2/h8-11,14-17,20-22,24-25,27-28,30-31,33-34,36-37,39-40,42-43,46,50,52,56,58,66,70H,6-7,12-13,18-19,23,26,29,32,35,38,41,44-45,47-49,51,53-55,57,59-65H2,1-5H3/p+1/b10-8-,11-9-,16-14-,17-15-,22-20-,25-24-,28-27-,31-30-,34-33-,37-36-,40-39-,43-42-,46-21-,52-50-,58-56-. The summed E-state index contributed by atoms with van der Waals surface area (Å²) in [6, 6.07) is 0.